The van der Waals surface area contributed by atoms with E-state index in [0.717, 1.165) is 15.9 Å². The van der Waals surface area contributed by atoms with Gasteiger partial charge in [0.05, 0.1) is 22.1 Å². The Morgan fingerprint density at radius 3 is 2.62 bits per heavy atom. The Balaban J connectivity index is 2.63. The van der Waals surface area contributed by atoms with Crippen molar-refractivity contribution in [2.45, 2.75) is 13.8 Å². The van der Waals surface area contributed by atoms with Gasteiger partial charge in [-0.3, -0.25) is 0 Å². The van der Waals surface area contributed by atoms with Gasteiger partial charge in [-0.05, 0) is 35.8 Å². The number of nitrogens with two attached hydrogens (primary N) is 1. The maximum atomic E-state index is 6.07. The van der Waals surface area contributed by atoms with E-state index in [4.69, 9.17) is 17.3 Å². The number of aryl methyl sites for hydroxylation is 1. The summed E-state index contributed by atoms with van der Waals surface area (Å²) in [6, 6.07) is 1.78. The van der Waals surface area contributed by atoms with Crippen LogP contribution < -0.4 is 5.73 Å². The number of rotatable bonds is 1. The zero-order valence-electron chi connectivity index (χ0n) is 8.83. The van der Waals surface area contributed by atoms with Crippen molar-refractivity contribution in [1.82, 2.24) is 14.8 Å². The smallest absolute Gasteiger partial charge is 0.176 e. The number of nitrogens with zero attached hydrogens (tertiary/aromatic N) is 3. The molecule has 0 aromatic carbocycles. The maximum absolute atomic E-state index is 6.07. The molecule has 84 valence electrons. The van der Waals surface area contributed by atoms with Gasteiger partial charge in [0.1, 0.15) is 0 Å². The first kappa shape index (κ1) is 11.4. The molecular formula is C10H10BrClN4. The van der Waals surface area contributed by atoms with Gasteiger partial charge in [0, 0.05) is 10.7 Å². The van der Waals surface area contributed by atoms with Gasteiger partial charge in [-0.2, -0.15) is 5.10 Å². The second kappa shape index (κ2) is 4.07. The summed E-state index contributed by atoms with van der Waals surface area (Å²) >= 11 is 9.38. The first-order valence-corrected chi connectivity index (χ1v) is 5.81. The van der Waals surface area contributed by atoms with Crippen molar-refractivity contribution < 1.29 is 0 Å². The second-order valence-electron chi connectivity index (χ2n) is 3.46. The number of nitrogen functional groups attached to an aromatic ring is 1. The third kappa shape index (κ3) is 1.81. The van der Waals surface area contributed by atoms with E-state index >= 15 is 0 Å². The van der Waals surface area contributed by atoms with Gasteiger partial charge in [0.15, 0.2) is 5.82 Å². The molecule has 0 amide bonds. The fourth-order valence-corrected chi connectivity index (χ4v) is 1.92. The highest BCUT2D eigenvalue weighted by atomic mass is 79.9. The van der Waals surface area contributed by atoms with E-state index in [1.807, 2.05) is 13.8 Å². The molecule has 2 aromatic heterocycles. The van der Waals surface area contributed by atoms with Crippen LogP contribution in [0, 0.1) is 13.8 Å². The Morgan fingerprint density at radius 1 is 1.44 bits per heavy atom. The van der Waals surface area contributed by atoms with E-state index in [0.29, 0.717) is 16.5 Å². The van der Waals surface area contributed by atoms with E-state index in [1.54, 1.807) is 16.9 Å². The lowest BCUT2D eigenvalue weighted by molar-refractivity contribution is 0.808. The SMILES string of the molecule is Cc1nn(-c2ncc(Br)cc2N)c(C)c1Cl. The third-order valence-corrected chi connectivity index (χ3v) is 3.25. The standard InChI is InChI=1S/C10H10BrClN4/c1-5-9(12)6(2)16(15-5)10-8(13)3-7(11)4-14-10/h3-4H,13H2,1-2H3. The zero-order chi connectivity index (χ0) is 11.9. The highest BCUT2D eigenvalue weighted by Crippen LogP contribution is 2.25. The number of hydrogen-bond acceptors (Lipinski definition) is 3. The Morgan fingerprint density at radius 2 is 2.12 bits per heavy atom. The van der Waals surface area contributed by atoms with Gasteiger partial charge >= 0.3 is 0 Å². The molecule has 0 spiro atoms. The van der Waals surface area contributed by atoms with Crippen molar-refractivity contribution in [2.24, 2.45) is 0 Å². The summed E-state index contributed by atoms with van der Waals surface area (Å²) in [6.07, 6.45) is 1.68. The van der Waals surface area contributed by atoms with Crippen LogP contribution in [0.5, 0.6) is 0 Å². The number of pyridine rings is 1. The van der Waals surface area contributed by atoms with Crippen molar-refractivity contribution in [3.63, 3.8) is 0 Å². The van der Waals surface area contributed by atoms with Crippen molar-refractivity contribution in [3.8, 4) is 5.82 Å². The Hall–Kier alpha value is -1.07. The summed E-state index contributed by atoms with van der Waals surface area (Å²) in [7, 11) is 0. The quantitative estimate of drug-likeness (QED) is 0.881. The van der Waals surface area contributed by atoms with Crippen molar-refractivity contribution in [1.29, 1.82) is 0 Å². The Kier molecular flexibility index (Phi) is 2.90. The maximum Gasteiger partial charge on any atom is 0.176 e. The summed E-state index contributed by atoms with van der Waals surface area (Å²) in [6.45, 7) is 3.73. The summed E-state index contributed by atoms with van der Waals surface area (Å²) in [5.74, 6) is 0.593. The molecule has 0 fully saturated rings. The molecule has 0 saturated carbocycles. The number of hydrogen-bond donors (Lipinski definition) is 1. The lowest BCUT2D eigenvalue weighted by Crippen LogP contribution is -2.05. The minimum absolute atomic E-state index is 0.552. The highest BCUT2D eigenvalue weighted by Gasteiger charge is 2.13. The largest absolute Gasteiger partial charge is 0.396 e. The molecule has 0 aliphatic heterocycles. The molecule has 0 atom stereocenters. The van der Waals surface area contributed by atoms with Crippen LogP contribution >= 0.6 is 27.5 Å². The minimum Gasteiger partial charge on any atom is -0.396 e. The first-order valence-electron chi connectivity index (χ1n) is 4.64. The molecule has 2 heterocycles. The fraction of sp³-hybridized carbons (Fsp3) is 0.200. The number of halogens is 2. The number of aromatic nitrogens is 3. The topological polar surface area (TPSA) is 56.7 Å². The van der Waals surface area contributed by atoms with Gasteiger partial charge in [0.2, 0.25) is 0 Å². The molecule has 0 aliphatic rings. The van der Waals surface area contributed by atoms with Crippen molar-refractivity contribution in [2.75, 3.05) is 5.73 Å². The molecule has 4 nitrogen and oxygen atoms in total. The minimum atomic E-state index is 0.552. The van der Waals surface area contributed by atoms with E-state index < -0.39 is 0 Å². The average molecular weight is 302 g/mol. The molecule has 0 saturated heterocycles. The molecule has 2 N–H and O–H groups in total. The molecule has 2 aromatic rings. The van der Waals surface area contributed by atoms with E-state index in [2.05, 4.69) is 26.0 Å². The van der Waals surface area contributed by atoms with Crippen LogP contribution in [-0.4, -0.2) is 14.8 Å². The second-order valence-corrected chi connectivity index (χ2v) is 4.76. The normalized spacial score (nSPS) is 10.8. The molecule has 2 rings (SSSR count). The van der Waals surface area contributed by atoms with Crippen molar-refractivity contribution >= 4 is 33.2 Å². The lowest BCUT2D eigenvalue weighted by Gasteiger charge is -2.06. The van der Waals surface area contributed by atoms with Crippen LogP contribution in [0.3, 0.4) is 0 Å². The monoisotopic (exact) mass is 300 g/mol. The molecule has 0 unspecified atom stereocenters. The predicted molar refractivity (Wildman–Crippen MR) is 68.0 cm³/mol. The molecular weight excluding hydrogens is 291 g/mol. The molecule has 16 heavy (non-hydrogen) atoms. The average Bonchev–Trinajstić information content (AvgIpc) is 2.46. The van der Waals surface area contributed by atoms with Crippen LogP contribution in [0.1, 0.15) is 11.4 Å². The molecule has 6 heteroatoms. The molecule has 0 radical (unpaired) electrons. The Bertz CT molecular complexity index is 550. The summed E-state index contributed by atoms with van der Waals surface area (Å²) in [4.78, 5) is 4.23. The van der Waals surface area contributed by atoms with Gasteiger partial charge in [-0.15, -0.1) is 0 Å². The van der Waals surface area contributed by atoms with Crippen LogP contribution in [0.2, 0.25) is 5.02 Å². The van der Waals surface area contributed by atoms with Crippen molar-refractivity contribution in [3.05, 3.63) is 33.1 Å². The van der Waals surface area contributed by atoms with Crippen LogP contribution in [0.4, 0.5) is 5.69 Å². The van der Waals surface area contributed by atoms with E-state index in [1.165, 1.54) is 0 Å². The fourth-order valence-electron chi connectivity index (χ4n) is 1.45. The van der Waals surface area contributed by atoms with Crippen LogP contribution in [0.15, 0.2) is 16.7 Å². The van der Waals surface area contributed by atoms with E-state index in [-0.39, 0.29) is 0 Å². The van der Waals surface area contributed by atoms with Gasteiger partial charge in [-0.1, -0.05) is 11.6 Å². The van der Waals surface area contributed by atoms with E-state index in [9.17, 15) is 0 Å². The molecule has 0 aliphatic carbocycles. The third-order valence-electron chi connectivity index (χ3n) is 2.27. The summed E-state index contributed by atoms with van der Waals surface area (Å²) < 4.78 is 2.49. The zero-order valence-corrected chi connectivity index (χ0v) is 11.2. The molecule has 0 bridgehead atoms. The summed E-state index contributed by atoms with van der Waals surface area (Å²) in [5, 5.41) is 4.94. The predicted octanol–water partition coefficient (Wildman–Crippen LogP) is 2.88. The van der Waals surface area contributed by atoms with Crippen LogP contribution in [-0.2, 0) is 0 Å². The van der Waals surface area contributed by atoms with Gasteiger partial charge in [-0.25, -0.2) is 9.67 Å². The lowest BCUT2D eigenvalue weighted by atomic mass is 10.3. The highest BCUT2D eigenvalue weighted by molar-refractivity contribution is 9.10. The first-order chi connectivity index (χ1) is 7.50. The number of anilines is 1. The Labute approximate surface area is 107 Å². The summed E-state index contributed by atoms with van der Waals surface area (Å²) in [5.41, 5.74) is 8.04. The van der Waals surface area contributed by atoms with Gasteiger partial charge in [0.25, 0.3) is 0 Å². The van der Waals surface area contributed by atoms with Gasteiger partial charge < -0.3 is 5.73 Å². The van der Waals surface area contributed by atoms with Crippen LogP contribution in [0.25, 0.3) is 5.82 Å².